The molecule has 2 unspecified atom stereocenters. The largest absolute Gasteiger partial charge is 0.353 e. The van der Waals surface area contributed by atoms with E-state index < -0.39 is 0 Å². The smallest absolute Gasteiger partial charge is 0.227 e. The SMILES string of the molecule is NCC1(C(=O)NC2CCN3CCCC3C2)CCCCC1. The van der Waals surface area contributed by atoms with Crippen LogP contribution in [0.1, 0.15) is 57.8 Å². The van der Waals surface area contributed by atoms with Crippen LogP contribution in [0.2, 0.25) is 0 Å². The number of amides is 1. The van der Waals surface area contributed by atoms with E-state index >= 15 is 0 Å². The zero-order valence-corrected chi connectivity index (χ0v) is 12.6. The summed E-state index contributed by atoms with van der Waals surface area (Å²) in [6, 6.07) is 1.10. The maximum Gasteiger partial charge on any atom is 0.227 e. The van der Waals surface area contributed by atoms with E-state index in [0.29, 0.717) is 18.6 Å². The highest BCUT2D eigenvalue weighted by Gasteiger charge is 2.40. The normalized spacial score (nSPS) is 33.6. The van der Waals surface area contributed by atoms with Gasteiger partial charge in [0.2, 0.25) is 5.91 Å². The fourth-order valence-corrected chi connectivity index (χ4v) is 4.45. The number of fused-ring (bicyclic) bond motifs is 1. The van der Waals surface area contributed by atoms with Crippen molar-refractivity contribution in [2.75, 3.05) is 19.6 Å². The summed E-state index contributed by atoms with van der Waals surface area (Å²) in [6.45, 7) is 2.93. The van der Waals surface area contributed by atoms with Crippen molar-refractivity contribution in [1.82, 2.24) is 10.2 Å². The number of hydrogen-bond donors (Lipinski definition) is 2. The number of rotatable bonds is 3. The van der Waals surface area contributed by atoms with Gasteiger partial charge in [-0.2, -0.15) is 0 Å². The Balaban J connectivity index is 1.57. The van der Waals surface area contributed by atoms with E-state index in [1.165, 1.54) is 25.8 Å². The Labute approximate surface area is 122 Å². The molecule has 0 aromatic heterocycles. The lowest BCUT2D eigenvalue weighted by Gasteiger charge is -2.39. The maximum absolute atomic E-state index is 12.7. The van der Waals surface area contributed by atoms with Gasteiger partial charge in [-0.05, 0) is 45.1 Å². The van der Waals surface area contributed by atoms with Crippen LogP contribution in [0.4, 0.5) is 0 Å². The third kappa shape index (κ3) is 2.73. The first-order valence-corrected chi connectivity index (χ1v) is 8.49. The van der Waals surface area contributed by atoms with Crippen LogP contribution < -0.4 is 11.1 Å². The van der Waals surface area contributed by atoms with E-state index in [1.807, 2.05) is 0 Å². The zero-order valence-electron chi connectivity index (χ0n) is 12.6. The molecule has 4 heteroatoms. The van der Waals surface area contributed by atoms with Gasteiger partial charge >= 0.3 is 0 Å². The van der Waals surface area contributed by atoms with Crippen LogP contribution in [0, 0.1) is 5.41 Å². The molecule has 4 nitrogen and oxygen atoms in total. The van der Waals surface area contributed by atoms with Crippen molar-refractivity contribution in [1.29, 1.82) is 0 Å². The van der Waals surface area contributed by atoms with Crippen LogP contribution in [-0.2, 0) is 4.79 Å². The summed E-state index contributed by atoms with van der Waals surface area (Å²) in [5.74, 6) is 0.246. The molecule has 3 aliphatic rings. The van der Waals surface area contributed by atoms with E-state index in [-0.39, 0.29) is 11.3 Å². The fraction of sp³-hybridized carbons (Fsp3) is 0.938. The highest BCUT2D eigenvalue weighted by molar-refractivity contribution is 5.83. The molecule has 0 radical (unpaired) electrons. The van der Waals surface area contributed by atoms with Gasteiger partial charge in [0.15, 0.2) is 0 Å². The van der Waals surface area contributed by atoms with Crippen LogP contribution in [0.5, 0.6) is 0 Å². The minimum Gasteiger partial charge on any atom is -0.353 e. The molecule has 2 heterocycles. The maximum atomic E-state index is 12.7. The summed E-state index contributed by atoms with van der Waals surface area (Å²) in [5.41, 5.74) is 5.70. The molecule has 2 aliphatic heterocycles. The Kier molecular flexibility index (Phi) is 4.32. The van der Waals surface area contributed by atoms with Crippen LogP contribution in [0.15, 0.2) is 0 Å². The Bertz CT molecular complexity index is 352. The van der Waals surface area contributed by atoms with Gasteiger partial charge in [0, 0.05) is 25.2 Å². The van der Waals surface area contributed by atoms with Gasteiger partial charge in [0.1, 0.15) is 0 Å². The van der Waals surface area contributed by atoms with Crippen molar-refractivity contribution in [3.63, 3.8) is 0 Å². The molecule has 0 aromatic carbocycles. The number of hydrogen-bond acceptors (Lipinski definition) is 3. The summed E-state index contributed by atoms with van der Waals surface area (Å²) in [6.07, 6.45) is 10.4. The van der Waals surface area contributed by atoms with Crippen LogP contribution in [0.3, 0.4) is 0 Å². The van der Waals surface area contributed by atoms with Crippen LogP contribution in [0.25, 0.3) is 0 Å². The Morgan fingerprint density at radius 1 is 1.15 bits per heavy atom. The molecular formula is C16H29N3O. The summed E-state index contributed by atoms with van der Waals surface area (Å²) < 4.78 is 0. The van der Waals surface area contributed by atoms with E-state index in [1.54, 1.807) is 0 Å². The molecule has 2 atom stereocenters. The number of carbonyl (C=O) groups is 1. The molecule has 3 N–H and O–H groups in total. The van der Waals surface area contributed by atoms with Crippen LogP contribution in [-0.4, -0.2) is 42.5 Å². The summed E-state index contributed by atoms with van der Waals surface area (Å²) in [4.78, 5) is 15.3. The van der Waals surface area contributed by atoms with Gasteiger partial charge in [0.25, 0.3) is 0 Å². The van der Waals surface area contributed by atoms with Gasteiger partial charge in [-0.15, -0.1) is 0 Å². The summed E-state index contributed by atoms with van der Waals surface area (Å²) in [5, 5.41) is 3.35. The second kappa shape index (κ2) is 6.02. The quantitative estimate of drug-likeness (QED) is 0.825. The van der Waals surface area contributed by atoms with Crippen molar-refractivity contribution in [2.45, 2.75) is 69.9 Å². The van der Waals surface area contributed by atoms with Crippen molar-refractivity contribution in [2.24, 2.45) is 11.1 Å². The first kappa shape index (κ1) is 14.3. The second-order valence-corrected chi connectivity index (χ2v) is 7.07. The lowest BCUT2D eigenvalue weighted by Crippen LogP contribution is -2.53. The minimum atomic E-state index is -0.259. The van der Waals surface area contributed by atoms with Crippen molar-refractivity contribution >= 4 is 5.91 Å². The molecule has 114 valence electrons. The number of nitrogens with one attached hydrogen (secondary N) is 1. The summed E-state index contributed by atoms with van der Waals surface area (Å²) in [7, 11) is 0. The minimum absolute atomic E-state index is 0.246. The Hall–Kier alpha value is -0.610. The lowest BCUT2D eigenvalue weighted by atomic mass is 9.73. The average molecular weight is 279 g/mol. The first-order valence-electron chi connectivity index (χ1n) is 8.49. The molecule has 1 aliphatic carbocycles. The Morgan fingerprint density at radius 2 is 1.95 bits per heavy atom. The van der Waals surface area contributed by atoms with Gasteiger partial charge < -0.3 is 16.0 Å². The fourth-order valence-electron chi connectivity index (χ4n) is 4.45. The molecule has 2 saturated heterocycles. The van der Waals surface area contributed by atoms with E-state index in [9.17, 15) is 4.79 Å². The lowest BCUT2D eigenvalue weighted by molar-refractivity contribution is -0.133. The summed E-state index contributed by atoms with van der Waals surface area (Å²) >= 11 is 0. The predicted octanol–water partition coefficient (Wildman–Crippen LogP) is 1.64. The number of nitrogens with two attached hydrogens (primary N) is 1. The van der Waals surface area contributed by atoms with Gasteiger partial charge in [-0.1, -0.05) is 19.3 Å². The molecule has 3 fully saturated rings. The number of carbonyl (C=O) groups excluding carboxylic acids is 1. The molecule has 3 rings (SSSR count). The molecule has 0 aromatic rings. The average Bonchev–Trinajstić information content (AvgIpc) is 2.95. The third-order valence-corrected chi connectivity index (χ3v) is 5.84. The predicted molar refractivity (Wildman–Crippen MR) is 80.3 cm³/mol. The highest BCUT2D eigenvalue weighted by atomic mass is 16.2. The van der Waals surface area contributed by atoms with Crippen molar-refractivity contribution < 1.29 is 4.79 Å². The third-order valence-electron chi connectivity index (χ3n) is 5.84. The molecule has 20 heavy (non-hydrogen) atoms. The van der Waals surface area contributed by atoms with Gasteiger partial charge in [-0.3, -0.25) is 4.79 Å². The number of nitrogens with zero attached hydrogens (tertiary/aromatic N) is 1. The molecular weight excluding hydrogens is 250 g/mol. The standard InChI is InChI=1S/C16H29N3O/c17-12-16(7-2-1-3-8-16)15(20)18-13-6-10-19-9-4-5-14(19)11-13/h13-14H,1-12,17H2,(H,18,20). The van der Waals surface area contributed by atoms with Crippen LogP contribution >= 0.6 is 0 Å². The molecule has 0 bridgehead atoms. The van der Waals surface area contributed by atoms with E-state index in [2.05, 4.69) is 10.2 Å². The molecule has 1 saturated carbocycles. The molecule has 0 spiro atoms. The van der Waals surface area contributed by atoms with Gasteiger partial charge in [-0.25, -0.2) is 0 Å². The topological polar surface area (TPSA) is 58.4 Å². The van der Waals surface area contributed by atoms with Crippen molar-refractivity contribution in [3.05, 3.63) is 0 Å². The molecule has 1 amide bonds. The zero-order chi connectivity index (χ0) is 14.0. The Morgan fingerprint density at radius 3 is 2.70 bits per heavy atom. The number of piperidine rings is 1. The van der Waals surface area contributed by atoms with Gasteiger partial charge in [0.05, 0.1) is 5.41 Å². The second-order valence-electron chi connectivity index (χ2n) is 7.07. The van der Waals surface area contributed by atoms with Crippen molar-refractivity contribution in [3.8, 4) is 0 Å². The monoisotopic (exact) mass is 279 g/mol. The first-order chi connectivity index (χ1) is 9.73. The van der Waals surface area contributed by atoms with E-state index in [4.69, 9.17) is 5.73 Å². The van der Waals surface area contributed by atoms with E-state index in [0.717, 1.165) is 45.1 Å². The highest BCUT2D eigenvalue weighted by Crippen LogP contribution is 2.36.